The largest absolute Gasteiger partial charge is 0.478 e. The molecule has 0 fully saturated rings. The fourth-order valence-electron chi connectivity index (χ4n) is 3.37. The smallest absolute Gasteiger partial charge is 0.331 e. The normalized spacial score (nSPS) is 17.3. The first-order valence-corrected chi connectivity index (χ1v) is 8.75. The second kappa shape index (κ2) is 7.96. The summed E-state index contributed by atoms with van der Waals surface area (Å²) in [6, 6.07) is 19.5. The predicted octanol–water partition coefficient (Wildman–Crippen LogP) is 5.02. The van der Waals surface area contributed by atoms with E-state index in [1.54, 1.807) is 0 Å². The van der Waals surface area contributed by atoms with Crippen LogP contribution in [0.15, 0.2) is 66.2 Å². The molecule has 1 unspecified atom stereocenters. The highest BCUT2D eigenvalue weighted by Crippen LogP contribution is 2.27. The minimum absolute atomic E-state index is 0.594. The third kappa shape index (κ3) is 4.58. The summed E-state index contributed by atoms with van der Waals surface area (Å²) in [6.45, 7) is 0. The van der Waals surface area contributed by atoms with Gasteiger partial charge in [0.05, 0.1) is 0 Å². The maximum absolute atomic E-state index is 10.9. The molecule has 0 aliphatic heterocycles. The van der Waals surface area contributed by atoms with E-state index in [0.29, 0.717) is 11.5 Å². The molecule has 0 amide bonds. The van der Waals surface area contributed by atoms with Gasteiger partial charge in [-0.3, -0.25) is 0 Å². The van der Waals surface area contributed by atoms with Gasteiger partial charge in [-0.25, -0.2) is 4.79 Å². The third-order valence-electron chi connectivity index (χ3n) is 4.91. The number of carboxylic acids is 1. The van der Waals surface area contributed by atoms with E-state index >= 15 is 0 Å². The number of hydrogen-bond donors (Lipinski definition) is 1. The van der Waals surface area contributed by atoms with Crippen LogP contribution in [-0.2, 0) is 17.6 Å². The molecule has 124 valence electrons. The second-order valence-electron chi connectivity index (χ2n) is 6.69. The maximum Gasteiger partial charge on any atom is 0.331 e. The van der Waals surface area contributed by atoms with Gasteiger partial charge in [-0.2, -0.15) is 0 Å². The third-order valence-corrected chi connectivity index (χ3v) is 4.91. The Bertz CT molecular complexity index is 699. The van der Waals surface area contributed by atoms with Crippen LogP contribution in [0.1, 0.15) is 42.4 Å². The molecule has 1 N–H and O–H groups in total. The summed E-state index contributed by atoms with van der Waals surface area (Å²) in [4.78, 5) is 10.9. The Balaban J connectivity index is 1.49. The van der Waals surface area contributed by atoms with Crippen molar-refractivity contribution in [1.82, 2.24) is 0 Å². The van der Waals surface area contributed by atoms with E-state index in [0.717, 1.165) is 38.5 Å². The summed E-state index contributed by atoms with van der Waals surface area (Å²) in [5.74, 6) is -0.125. The van der Waals surface area contributed by atoms with Crippen LogP contribution in [0.4, 0.5) is 0 Å². The number of aryl methyl sites for hydroxylation is 1. The molecular weight excluding hydrogens is 296 g/mol. The van der Waals surface area contributed by atoms with Crippen LogP contribution in [0.2, 0.25) is 0 Å². The van der Waals surface area contributed by atoms with Crippen molar-refractivity contribution in [1.29, 1.82) is 0 Å². The van der Waals surface area contributed by atoms with Crippen LogP contribution in [0.25, 0.3) is 0 Å². The number of hydrogen-bond acceptors (Lipinski definition) is 1. The summed E-state index contributed by atoms with van der Waals surface area (Å²) >= 11 is 0. The highest BCUT2D eigenvalue weighted by Gasteiger charge is 2.17. The molecule has 1 atom stereocenters. The molecular formula is C22H24O2. The predicted molar refractivity (Wildman–Crippen MR) is 97.1 cm³/mol. The van der Waals surface area contributed by atoms with Crippen molar-refractivity contribution in [3.63, 3.8) is 0 Å². The first-order chi connectivity index (χ1) is 11.7. The zero-order chi connectivity index (χ0) is 16.8. The molecule has 0 saturated heterocycles. The Hall–Kier alpha value is -2.35. The zero-order valence-electron chi connectivity index (χ0n) is 13.9. The highest BCUT2D eigenvalue weighted by molar-refractivity contribution is 5.86. The summed E-state index contributed by atoms with van der Waals surface area (Å²) in [5.41, 5.74) is 4.65. The minimum Gasteiger partial charge on any atom is -0.478 e. The van der Waals surface area contributed by atoms with E-state index in [-0.39, 0.29) is 0 Å². The fourth-order valence-corrected chi connectivity index (χ4v) is 3.37. The average Bonchev–Trinajstić information content (AvgIpc) is 2.62. The summed E-state index contributed by atoms with van der Waals surface area (Å²) in [6.07, 6.45) is 7.74. The molecule has 2 heteroatoms. The molecule has 0 heterocycles. The van der Waals surface area contributed by atoms with E-state index in [2.05, 4.69) is 48.5 Å². The molecule has 0 bridgehead atoms. The van der Waals surface area contributed by atoms with E-state index in [1.165, 1.54) is 16.7 Å². The van der Waals surface area contributed by atoms with E-state index in [9.17, 15) is 4.79 Å². The quantitative estimate of drug-likeness (QED) is 0.811. The molecule has 2 nitrogen and oxygen atoms in total. The van der Waals surface area contributed by atoms with E-state index in [4.69, 9.17) is 5.11 Å². The molecule has 0 spiro atoms. The van der Waals surface area contributed by atoms with Crippen molar-refractivity contribution >= 4 is 5.97 Å². The monoisotopic (exact) mass is 320 g/mol. The topological polar surface area (TPSA) is 37.3 Å². The van der Waals surface area contributed by atoms with Crippen molar-refractivity contribution in [3.8, 4) is 0 Å². The summed E-state index contributed by atoms with van der Waals surface area (Å²) in [7, 11) is 0. The number of carboxylic acid groups (broad SMARTS) is 1. The Kier molecular flexibility index (Phi) is 5.47. The summed E-state index contributed by atoms with van der Waals surface area (Å²) < 4.78 is 0. The van der Waals surface area contributed by atoms with Crippen LogP contribution >= 0.6 is 0 Å². The molecule has 2 aromatic carbocycles. The highest BCUT2D eigenvalue weighted by atomic mass is 16.4. The SMILES string of the molecule is O=C(O)C1=CCC(CCc2ccc(Cc3ccccc3)cc2)CC1. The molecule has 0 aromatic heterocycles. The Morgan fingerprint density at radius 2 is 1.62 bits per heavy atom. The molecule has 0 saturated carbocycles. The lowest BCUT2D eigenvalue weighted by atomic mass is 9.85. The molecule has 3 rings (SSSR count). The van der Waals surface area contributed by atoms with Crippen LogP contribution in [0.5, 0.6) is 0 Å². The average molecular weight is 320 g/mol. The van der Waals surface area contributed by atoms with Crippen molar-refractivity contribution < 1.29 is 9.90 Å². The van der Waals surface area contributed by atoms with Crippen LogP contribution in [-0.4, -0.2) is 11.1 Å². The van der Waals surface area contributed by atoms with Crippen molar-refractivity contribution in [2.24, 2.45) is 5.92 Å². The Morgan fingerprint density at radius 1 is 0.958 bits per heavy atom. The first kappa shape index (κ1) is 16.5. The Labute approximate surface area is 143 Å². The van der Waals surface area contributed by atoms with Crippen molar-refractivity contribution in [2.45, 2.75) is 38.5 Å². The van der Waals surface area contributed by atoms with Gasteiger partial charge >= 0.3 is 5.97 Å². The zero-order valence-corrected chi connectivity index (χ0v) is 13.9. The van der Waals surface area contributed by atoms with Gasteiger partial charge in [-0.15, -0.1) is 0 Å². The Morgan fingerprint density at radius 3 is 2.25 bits per heavy atom. The lowest BCUT2D eigenvalue weighted by Gasteiger charge is -2.20. The van der Waals surface area contributed by atoms with Gasteiger partial charge in [0.15, 0.2) is 0 Å². The lowest BCUT2D eigenvalue weighted by molar-refractivity contribution is -0.132. The number of aliphatic carboxylic acids is 1. The van der Waals surface area contributed by atoms with Crippen molar-refractivity contribution in [3.05, 3.63) is 82.9 Å². The molecule has 1 aliphatic rings. The number of carbonyl (C=O) groups is 1. The summed E-state index contributed by atoms with van der Waals surface area (Å²) in [5, 5.41) is 9.00. The van der Waals surface area contributed by atoms with Crippen LogP contribution < -0.4 is 0 Å². The fraction of sp³-hybridized carbons (Fsp3) is 0.318. The number of allylic oxidation sites excluding steroid dienone is 1. The van der Waals surface area contributed by atoms with E-state index < -0.39 is 5.97 Å². The van der Waals surface area contributed by atoms with Gasteiger partial charge in [0, 0.05) is 5.57 Å². The molecule has 2 aromatic rings. The number of rotatable bonds is 6. The van der Waals surface area contributed by atoms with Gasteiger partial charge in [-0.1, -0.05) is 60.7 Å². The van der Waals surface area contributed by atoms with Gasteiger partial charge < -0.3 is 5.11 Å². The minimum atomic E-state index is -0.748. The van der Waals surface area contributed by atoms with Gasteiger partial charge in [0.25, 0.3) is 0 Å². The molecule has 1 aliphatic carbocycles. The van der Waals surface area contributed by atoms with Crippen molar-refractivity contribution in [2.75, 3.05) is 0 Å². The van der Waals surface area contributed by atoms with Crippen LogP contribution in [0, 0.1) is 5.92 Å². The van der Waals surface area contributed by atoms with E-state index in [1.807, 2.05) is 12.1 Å². The van der Waals surface area contributed by atoms with Gasteiger partial charge in [0.1, 0.15) is 0 Å². The molecule has 0 radical (unpaired) electrons. The first-order valence-electron chi connectivity index (χ1n) is 8.75. The second-order valence-corrected chi connectivity index (χ2v) is 6.69. The van der Waals surface area contributed by atoms with Gasteiger partial charge in [-0.05, 0) is 61.1 Å². The van der Waals surface area contributed by atoms with Gasteiger partial charge in [0.2, 0.25) is 0 Å². The maximum atomic E-state index is 10.9. The lowest BCUT2D eigenvalue weighted by Crippen LogP contribution is -2.11. The number of benzene rings is 2. The molecule has 24 heavy (non-hydrogen) atoms. The van der Waals surface area contributed by atoms with Crippen LogP contribution in [0.3, 0.4) is 0 Å². The standard InChI is InChI=1S/C22H24O2/c23-22(24)21-14-12-18(13-15-21)7-6-17-8-10-20(11-9-17)16-19-4-2-1-3-5-19/h1-5,8-11,14,18H,6-7,12-13,15-16H2,(H,23,24).